The van der Waals surface area contributed by atoms with E-state index in [1.807, 2.05) is 14.0 Å². The molecule has 2 heterocycles. The van der Waals surface area contributed by atoms with Crippen molar-refractivity contribution in [3.63, 3.8) is 0 Å². The number of nitrogens with zero attached hydrogens (tertiary/aromatic N) is 3. The van der Waals surface area contributed by atoms with Crippen LogP contribution in [-0.4, -0.2) is 29.3 Å². The molecule has 2 rings (SSSR count). The van der Waals surface area contributed by atoms with Crippen LogP contribution in [0.4, 0.5) is 0 Å². The molecule has 0 aliphatic carbocycles. The largest absolute Gasteiger partial charge is 0.356 e. The summed E-state index contributed by atoms with van der Waals surface area (Å²) in [6, 6.07) is 4.26. The first-order valence-corrected chi connectivity index (χ1v) is 8.86. The van der Waals surface area contributed by atoms with Crippen molar-refractivity contribution < 1.29 is 0 Å². The molecule has 126 valence electrons. The van der Waals surface area contributed by atoms with Gasteiger partial charge < -0.3 is 10.6 Å². The number of aliphatic imine (C=N–C) groups is 1. The van der Waals surface area contributed by atoms with E-state index in [1.54, 1.807) is 11.3 Å². The SMILES string of the molecule is CN=C(NCc1sccc1C)NCC(C)Cn1nc(C)cc1C. The molecule has 0 saturated heterocycles. The molecular weight excluding hydrogens is 306 g/mol. The van der Waals surface area contributed by atoms with Gasteiger partial charge in [-0.3, -0.25) is 9.67 Å². The zero-order chi connectivity index (χ0) is 16.8. The highest BCUT2D eigenvalue weighted by Gasteiger charge is 2.08. The van der Waals surface area contributed by atoms with Crippen molar-refractivity contribution in [2.45, 2.75) is 40.8 Å². The van der Waals surface area contributed by atoms with E-state index in [2.05, 4.69) is 63.7 Å². The lowest BCUT2D eigenvalue weighted by Gasteiger charge is -2.16. The van der Waals surface area contributed by atoms with Crippen LogP contribution in [0.15, 0.2) is 22.5 Å². The van der Waals surface area contributed by atoms with Crippen LogP contribution in [0.25, 0.3) is 0 Å². The monoisotopic (exact) mass is 333 g/mol. The summed E-state index contributed by atoms with van der Waals surface area (Å²) in [6.45, 7) is 11.1. The molecular formula is C17H27N5S. The van der Waals surface area contributed by atoms with Crippen LogP contribution in [-0.2, 0) is 13.1 Å². The van der Waals surface area contributed by atoms with Gasteiger partial charge in [-0.2, -0.15) is 5.10 Å². The third-order valence-corrected chi connectivity index (χ3v) is 4.84. The lowest BCUT2D eigenvalue weighted by atomic mass is 10.2. The van der Waals surface area contributed by atoms with Crippen molar-refractivity contribution in [3.8, 4) is 0 Å². The predicted molar refractivity (Wildman–Crippen MR) is 98.1 cm³/mol. The normalized spacial score (nSPS) is 13.2. The van der Waals surface area contributed by atoms with Gasteiger partial charge in [0.2, 0.25) is 0 Å². The predicted octanol–water partition coefficient (Wildman–Crippen LogP) is 2.87. The maximum atomic E-state index is 4.52. The fourth-order valence-electron chi connectivity index (χ4n) is 2.46. The fraction of sp³-hybridized carbons (Fsp3) is 0.529. The molecule has 1 atom stereocenters. The van der Waals surface area contributed by atoms with Gasteiger partial charge >= 0.3 is 0 Å². The lowest BCUT2D eigenvalue weighted by Crippen LogP contribution is -2.39. The van der Waals surface area contributed by atoms with Gasteiger partial charge in [-0.05, 0) is 49.8 Å². The summed E-state index contributed by atoms with van der Waals surface area (Å²) in [5.74, 6) is 1.31. The first-order chi connectivity index (χ1) is 11.0. The third kappa shape index (κ3) is 5.10. The van der Waals surface area contributed by atoms with Gasteiger partial charge in [0, 0.05) is 30.7 Å². The lowest BCUT2D eigenvalue weighted by molar-refractivity contribution is 0.436. The Kier molecular flexibility index (Phi) is 6.21. The Hall–Kier alpha value is -1.82. The number of hydrogen-bond donors (Lipinski definition) is 2. The highest BCUT2D eigenvalue weighted by atomic mass is 32.1. The standard InChI is InChI=1S/C17H27N5S/c1-12(11-22-15(4)8-14(3)21-22)9-19-17(18-5)20-10-16-13(2)6-7-23-16/h6-8,12H,9-11H2,1-5H3,(H2,18,19,20). The maximum absolute atomic E-state index is 4.52. The Labute approximate surface area is 142 Å². The van der Waals surface area contributed by atoms with Crippen molar-refractivity contribution in [3.05, 3.63) is 39.3 Å². The summed E-state index contributed by atoms with van der Waals surface area (Å²) < 4.78 is 2.08. The van der Waals surface area contributed by atoms with Crippen LogP contribution in [0.5, 0.6) is 0 Å². The smallest absolute Gasteiger partial charge is 0.191 e. The Morgan fingerprint density at radius 1 is 1.35 bits per heavy atom. The van der Waals surface area contributed by atoms with Gasteiger partial charge in [0.25, 0.3) is 0 Å². The molecule has 2 aromatic rings. The fourth-order valence-corrected chi connectivity index (χ4v) is 3.31. The second kappa shape index (κ2) is 8.15. The summed E-state index contributed by atoms with van der Waals surface area (Å²) >= 11 is 1.78. The Balaban J connectivity index is 1.78. The van der Waals surface area contributed by atoms with Gasteiger partial charge in [0.05, 0.1) is 12.2 Å². The van der Waals surface area contributed by atoms with E-state index in [1.165, 1.54) is 16.1 Å². The van der Waals surface area contributed by atoms with E-state index in [0.29, 0.717) is 5.92 Å². The summed E-state index contributed by atoms with van der Waals surface area (Å²) in [6.07, 6.45) is 0. The molecule has 2 aromatic heterocycles. The van der Waals surface area contributed by atoms with E-state index >= 15 is 0 Å². The minimum atomic E-state index is 0.468. The minimum Gasteiger partial charge on any atom is -0.356 e. The molecule has 0 aromatic carbocycles. The average Bonchev–Trinajstić information content (AvgIpc) is 3.05. The Morgan fingerprint density at radius 2 is 2.13 bits per heavy atom. The van der Waals surface area contributed by atoms with Gasteiger partial charge in [-0.25, -0.2) is 0 Å². The Bertz CT molecular complexity index is 656. The van der Waals surface area contributed by atoms with Gasteiger partial charge in [0.1, 0.15) is 0 Å². The molecule has 0 fully saturated rings. The molecule has 0 radical (unpaired) electrons. The molecule has 0 saturated carbocycles. The molecule has 0 spiro atoms. The highest BCUT2D eigenvalue weighted by molar-refractivity contribution is 7.10. The van der Waals surface area contributed by atoms with Crippen LogP contribution in [0.1, 0.15) is 28.8 Å². The zero-order valence-electron chi connectivity index (χ0n) is 14.7. The maximum Gasteiger partial charge on any atom is 0.191 e. The summed E-state index contributed by atoms with van der Waals surface area (Å²) in [5, 5.41) is 13.4. The number of aromatic nitrogens is 2. The van der Waals surface area contributed by atoms with Crippen LogP contribution in [0, 0.1) is 26.7 Å². The molecule has 0 aliphatic heterocycles. The average molecular weight is 334 g/mol. The van der Waals surface area contributed by atoms with Crippen molar-refractivity contribution >= 4 is 17.3 Å². The molecule has 1 unspecified atom stereocenters. The summed E-state index contributed by atoms with van der Waals surface area (Å²) in [5.41, 5.74) is 3.62. The second-order valence-corrected chi connectivity index (χ2v) is 7.05. The molecule has 6 heteroatoms. The van der Waals surface area contributed by atoms with Crippen LogP contribution >= 0.6 is 11.3 Å². The first kappa shape index (κ1) is 17.5. The molecule has 0 amide bonds. The summed E-state index contributed by atoms with van der Waals surface area (Å²) in [4.78, 5) is 5.65. The van der Waals surface area contributed by atoms with E-state index in [9.17, 15) is 0 Å². The quantitative estimate of drug-likeness (QED) is 0.631. The third-order valence-electron chi connectivity index (χ3n) is 3.81. The number of nitrogens with one attached hydrogen (secondary N) is 2. The van der Waals surface area contributed by atoms with Crippen molar-refractivity contribution in [2.24, 2.45) is 10.9 Å². The van der Waals surface area contributed by atoms with E-state index < -0.39 is 0 Å². The van der Waals surface area contributed by atoms with Crippen molar-refractivity contribution in [1.82, 2.24) is 20.4 Å². The van der Waals surface area contributed by atoms with E-state index in [0.717, 1.165) is 31.3 Å². The van der Waals surface area contributed by atoms with Crippen LogP contribution in [0.3, 0.4) is 0 Å². The number of hydrogen-bond acceptors (Lipinski definition) is 3. The topological polar surface area (TPSA) is 54.2 Å². The summed E-state index contributed by atoms with van der Waals surface area (Å²) in [7, 11) is 1.81. The van der Waals surface area contributed by atoms with E-state index in [4.69, 9.17) is 0 Å². The minimum absolute atomic E-state index is 0.468. The zero-order valence-corrected chi connectivity index (χ0v) is 15.5. The van der Waals surface area contributed by atoms with E-state index in [-0.39, 0.29) is 0 Å². The number of rotatable bonds is 6. The number of guanidine groups is 1. The molecule has 23 heavy (non-hydrogen) atoms. The second-order valence-electron chi connectivity index (χ2n) is 6.05. The van der Waals surface area contributed by atoms with Gasteiger partial charge in [-0.15, -0.1) is 11.3 Å². The van der Waals surface area contributed by atoms with Crippen molar-refractivity contribution in [1.29, 1.82) is 0 Å². The van der Waals surface area contributed by atoms with Crippen LogP contribution < -0.4 is 10.6 Å². The first-order valence-electron chi connectivity index (χ1n) is 7.98. The van der Waals surface area contributed by atoms with Crippen LogP contribution in [0.2, 0.25) is 0 Å². The van der Waals surface area contributed by atoms with Gasteiger partial charge in [-0.1, -0.05) is 6.92 Å². The number of thiophene rings is 1. The van der Waals surface area contributed by atoms with Crippen molar-refractivity contribution in [2.75, 3.05) is 13.6 Å². The molecule has 5 nitrogen and oxygen atoms in total. The highest BCUT2D eigenvalue weighted by Crippen LogP contribution is 2.14. The molecule has 0 bridgehead atoms. The Morgan fingerprint density at radius 3 is 2.70 bits per heavy atom. The number of aryl methyl sites for hydroxylation is 3. The van der Waals surface area contributed by atoms with Gasteiger partial charge in [0.15, 0.2) is 5.96 Å². The molecule has 2 N–H and O–H groups in total. The molecule has 0 aliphatic rings.